The molecular formula is C27H25N5O2S. The zero-order valence-corrected chi connectivity index (χ0v) is 20.8. The van der Waals surface area contributed by atoms with Crippen molar-refractivity contribution in [3.8, 4) is 11.4 Å². The van der Waals surface area contributed by atoms with Crippen LogP contribution in [0.15, 0.2) is 70.3 Å². The minimum atomic E-state index is -0.440. The molecule has 3 heterocycles. The highest BCUT2D eigenvalue weighted by atomic mass is 32.2. The second-order valence-electron chi connectivity index (χ2n) is 8.62. The quantitative estimate of drug-likeness (QED) is 0.492. The summed E-state index contributed by atoms with van der Waals surface area (Å²) in [7, 11) is 0. The lowest BCUT2D eigenvalue weighted by molar-refractivity contribution is -0.114. The molecule has 35 heavy (non-hydrogen) atoms. The third-order valence-corrected chi connectivity index (χ3v) is 6.76. The van der Waals surface area contributed by atoms with Crippen LogP contribution in [-0.4, -0.2) is 38.1 Å². The van der Waals surface area contributed by atoms with Gasteiger partial charge >= 0.3 is 0 Å². The largest absolute Gasteiger partial charge is 0.487 e. The highest BCUT2D eigenvalue weighted by Crippen LogP contribution is 2.30. The van der Waals surface area contributed by atoms with Gasteiger partial charge in [-0.15, -0.1) is 0 Å². The summed E-state index contributed by atoms with van der Waals surface area (Å²) < 4.78 is 7.99. The zero-order valence-electron chi connectivity index (χ0n) is 20.0. The Bertz CT molecular complexity index is 1460. The standard InChI is InChI=1S/C27H25N5O2S/c1-16-7-5-9-21(11-16)31-18(3)13-20(19(31)4)14-23-25(28)32-27(29-26(23)33)35-24(30-32)15-34-22-10-6-8-17(2)12-22/h5-14,28H,15H2,1-4H3. The molecule has 0 bridgehead atoms. The molecule has 2 aromatic carbocycles. The molecule has 0 unspecified atom stereocenters. The van der Waals surface area contributed by atoms with E-state index < -0.39 is 5.91 Å². The van der Waals surface area contributed by atoms with Gasteiger partial charge in [-0.1, -0.05) is 24.3 Å². The van der Waals surface area contributed by atoms with Crippen LogP contribution >= 0.6 is 11.8 Å². The third kappa shape index (κ3) is 4.44. The lowest BCUT2D eigenvalue weighted by atomic mass is 10.1. The van der Waals surface area contributed by atoms with E-state index in [2.05, 4.69) is 39.8 Å². The van der Waals surface area contributed by atoms with Crippen molar-refractivity contribution in [2.24, 2.45) is 10.1 Å². The van der Waals surface area contributed by atoms with Gasteiger partial charge in [0.25, 0.3) is 5.91 Å². The van der Waals surface area contributed by atoms with E-state index >= 15 is 0 Å². The fraction of sp³-hybridized carbons (Fsp3) is 0.185. The number of aryl methyl sites for hydroxylation is 3. The van der Waals surface area contributed by atoms with Gasteiger partial charge in [0, 0.05) is 17.1 Å². The van der Waals surface area contributed by atoms with Gasteiger partial charge in [0.15, 0.2) is 5.84 Å². The molecule has 2 aliphatic rings. The van der Waals surface area contributed by atoms with Crippen molar-refractivity contribution in [1.29, 1.82) is 5.41 Å². The smallest absolute Gasteiger partial charge is 0.283 e. The van der Waals surface area contributed by atoms with E-state index in [-0.39, 0.29) is 18.0 Å². The van der Waals surface area contributed by atoms with Gasteiger partial charge in [-0.3, -0.25) is 10.2 Å². The summed E-state index contributed by atoms with van der Waals surface area (Å²) in [5.74, 6) is 0.319. The number of nitrogens with one attached hydrogen (secondary N) is 1. The number of aliphatic imine (C=N–C) groups is 1. The summed E-state index contributed by atoms with van der Waals surface area (Å²) in [5, 5.41) is 15.6. The van der Waals surface area contributed by atoms with Crippen molar-refractivity contribution < 1.29 is 9.53 Å². The first kappa shape index (κ1) is 22.9. The molecule has 7 nitrogen and oxygen atoms in total. The number of hydrazone groups is 1. The number of rotatable bonds is 5. The Hall–Kier alpha value is -3.91. The Balaban J connectivity index is 1.40. The molecule has 0 aliphatic carbocycles. The summed E-state index contributed by atoms with van der Waals surface area (Å²) in [5.41, 5.74) is 6.46. The number of ether oxygens (including phenoxy) is 1. The number of fused-ring (bicyclic) bond motifs is 1. The second kappa shape index (κ2) is 9.03. The number of thioether (sulfide) groups is 1. The van der Waals surface area contributed by atoms with Crippen LogP contribution in [0, 0.1) is 33.1 Å². The Labute approximate surface area is 208 Å². The summed E-state index contributed by atoms with van der Waals surface area (Å²) in [6, 6.07) is 18.1. The third-order valence-electron chi connectivity index (χ3n) is 5.88. The van der Waals surface area contributed by atoms with Crippen molar-refractivity contribution in [2.75, 3.05) is 6.61 Å². The Morgan fingerprint density at radius 2 is 1.77 bits per heavy atom. The van der Waals surface area contributed by atoms with Crippen LogP contribution in [0.25, 0.3) is 11.8 Å². The highest BCUT2D eigenvalue weighted by Gasteiger charge is 2.36. The van der Waals surface area contributed by atoms with Crippen molar-refractivity contribution in [1.82, 2.24) is 9.58 Å². The predicted molar refractivity (Wildman–Crippen MR) is 142 cm³/mol. The number of hydrogen-bond acceptors (Lipinski definition) is 5. The number of carbonyl (C=O) groups is 1. The molecule has 3 aromatic rings. The van der Waals surface area contributed by atoms with E-state index in [0.717, 1.165) is 34.0 Å². The van der Waals surface area contributed by atoms with Gasteiger partial charge in [0.1, 0.15) is 17.4 Å². The normalized spacial score (nSPS) is 16.5. The molecule has 1 amide bonds. The predicted octanol–water partition coefficient (Wildman–Crippen LogP) is 5.41. The molecule has 0 radical (unpaired) electrons. The molecule has 0 saturated heterocycles. The SMILES string of the molecule is Cc1cccc(OCC2=NN3C(=N)C(=Cc4cc(C)n(-c5cccc(C)c5)c4C)C(=O)N=C3S2)c1. The van der Waals surface area contributed by atoms with E-state index in [0.29, 0.717) is 10.2 Å². The topological polar surface area (TPSA) is 83.0 Å². The number of amides is 1. The summed E-state index contributed by atoms with van der Waals surface area (Å²) in [6.45, 7) is 8.35. The molecule has 1 N–H and O–H groups in total. The van der Waals surface area contributed by atoms with Crippen molar-refractivity contribution in [3.63, 3.8) is 0 Å². The van der Waals surface area contributed by atoms with E-state index in [1.165, 1.54) is 22.3 Å². The second-order valence-corrected chi connectivity index (χ2v) is 9.66. The minimum absolute atomic E-state index is 0.0124. The minimum Gasteiger partial charge on any atom is -0.487 e. The summed E-state index contributed by atoms with van der Waals surface area (Å²) >= 11 is 1.25. The van der Waals surface area contributed by atoms with E-state index in [9.17, 15) is 4.79 Å². The first-order chi connectivity index (χ1) is 16.8. The average molecular weight is 484 g/mol. The van der Waals surface area contributed by atoms with E-state index in [1.54, 1.807) is 6.08 Å². The first-order valence-electron chi connectivity index (χ1n) is 11.2. The lowest BCUT2D eigenvalue weighted by Gasteiger charge is -2.20. The molecule has 5 rings (SSSR count). The molecule has 8 heteroatoms. The van der Waals surface area contributed by atoms with Gasteiger partial charge in [0.05, 0.1) is 5.57 Å². The van der Waals surface area contributed by atoms with Crippen LogP contribution in [0.1, 0.15) is 28.1 Å². The first-order valence-corrected chi connectivity index (χ1v) is 12.1. The Morgan fingerprint density at radius 3 is 2.51 bits per heavy atom. The van der Waals surface area contributed by atoms with Gasteiger partial charge < -0.3 is 9.30 Å². The molecule has 2 aliphatic heterocycles. The van der Waals surface area contributed by atoms with Gasteiger partial charge in [0.2, 0.25) is 5.17 Å². The molecule has 1 aromatic heterocycles. The molecule has 176 valence electrons. The number of hydrogen-bond donors (Lipinski definition) is 1. The van der Waals surface area contributed by atoms with Gasteiger partial charge in [-0.2, -0.15) is 15.1 Å². The maximum atomic E-state index is 12.9. The fourth-order valence-corrected chi connectivity index (χ4v) is 4.99. The van der Waals surface area contributed by atoms with Gasteiger partial charge in [-0.05, 0) is 92.6 Å². The molecule has 0 atom stereocenters. The van der Waals surface area contributed by atoms with Crippen LogP contribution in [0.4, 0.5) is 0 Å². The Morgan fingerprint density at radius 1 is 1.03 bits per heavy atom. The molecular weight excluding hydrogens is 458 g/mol. The van der Waals surface area contributed by atoms with Crippen molar-refractivity contribution in [3.05, 3.63) is 88.2 Å². The van der Waals surface area contributed by atoms with Crippen LogP contribution in [0.5, 0.6) is 5.75 Å². The van der Waals surface area contributed by atoms with Crippen LogP contribution in [-0.2, 0) is 4.79 Å². The van der Waals surface area contributed by atoms with Crippen molar-refractivity contribution >= 4 is 39.8 Å². The monoisotopic (exact) mass is 483 g/mol. The maximum Gasteiger partial charge on any atom is 0.283 e. The van der Waals surface area contributed by atoms with Crippen LogP contribution in [0.3, 0.4) is 0 Å². The fourth-order valence-electron chi connectivity index (χ4n) is 4.19. The lowest BCUT2D eigenvalue weighted by Crippen LogP contribution is -2.35. The summed E-state index contributed by atoms with van der Waals surface area (Å²) in [6.07, 6.45) is 1.74. The molecule has 0 saturated carbocycles. The number of carbonyl (C=O) groups excluding carboxylic acids is 1. The molecule has 0 spiro atoms. The average Bonchev–Trinajstić information content (AvgIpc) is 3.35. The molecule has 0 fully saturated rings. The van der Waals surface area contributed by atoms with Crippen molar-refractivity contribution in [2.45, 2.75) is 27.7 Å². The Kier molecular flexibility index (Phi) is 5.90. The number of benzene rings is 2. The van der Waals surface area contributed by atoms with Gasteiger partial charge in [-0.25, -0.2) is 0 Å². The van der Waals surface area contributed by atoms with E-state index in [4.69, 9.17) is 10.1 Å². The maximum absolute atomic E-state index is 12.9. The summed E-state index contributed by atoms with van der Waals surface area (Å²) in [4.78, 5) is 17.1. The number of amidine groups is 2. The van der Waals surface area contributed by atoms with Crippen LogP contribution < -0.4 is 4.74 Å². The van der Waals surface area contributed by atoms with Crippen LogP contribution in [0.2, 0.25) is 0 Å². The number of aromatic nitrogens is 1. The van der Waals surface area contributed by atoms with E-state index in [1.807, 2.05) is 57.2 Å². The highest BCUT2D eigenvalue weighted by molar-refractivity contribution is 8.27. The zero-order chi connectivity index (χ0) is 24.7. The number of nitrogens with zero attached hydrogens (tertiary/aromatic N) is 4.